The molecule has 0 aromatic carbocycles. The Balaban J connectivity index is 1.81. The fourth-order valence-corrected chi connectivity index (χ4v) is 1.17. The lowest BCUT2D eigenvalue weighted by Crippen LogP contribution is -2.19. The minimum absolute atomic E-state index is 0.169. The number of hydrogen-bond donors (Lipinski definition) is 2. The minimum atomic E-state index is -0.169. The molecule has 16 heavy (non-hydrogen) atoms. The van der Waals surface area contributed by atoms with Crippen molar-refractivity contribution in [2.24, 2.45) is 0 Å². The van der Waals surface area contributed by atoms with E-state index in [1.165, 1.54) is 6.08 Å². The van der Waals surface area contributed by atoms with E-state index in [1.807, 2.05) is 0 Å². The molecule has 0 aliphatic heterocycles. The van der Waals surface area contributed by atoms with E-state index >= 15 is 0 Å². The number of hydrogen-bond acceptors (Lipinski definition) is 3. The quantitative estimate of drug-likeness (QED) is 0.759. The molecule has 2 rings (SSSR count). The Morgan fingerprint density at radius 3 is 3.25 bits per heavy atom. The van der Waals surface area contributed by atoms with Gasteiger partial charge < -0.3 is 9.73 Å². The molecular formula is C11H11N3O2. The molecule has 0 spiro atoms. The van der Waals surface area contributed by atoms with Crippen LogP contribution in [-0.4, -0.2) is 16.1 Å². The van der Waals surface area contributed by atoms with Crippen molar-refractivity contribution in [1.82, 2.24) is 15.5 Å². The molecule has 2 aromatic heterocycles. The Morgan fingerprint density at radius 2 is 2.56 bits per heavy atom. The highest BCUT2D eigenvalue weighted by atomic mass is 16.3. The summed E-state index contributed by atoms with van der Waals surface area (Å²) in [6, 6.07) is 3.54. The van der Waals surface area contributed by atoms with Crippen LogP contribution in [0.1, 0.15) is 11.3 Å². The van der Waals surface area contributed by atoms with Crippen LogP contribution in [0.4, 0.5) is 0 Å². The molecule has 0 bridgehead atoms. The normalized spacial score (nSPS) is 10.8. The standard InChI is InChI=1S/C11H11N3O2/c15-11(4-3-10-2-1-5-16-10)12-6-9-7-13-14-8-9/h1-5,7-8H,6H2,(H,12,15)(H,13,14)/b4-3+. The first-order chi connectivity index (χ1) is 7.84. The van der Waals surface area contributed by atoms with Gasteiger partial charge in [0.1, 0.15) is 5.76 Å². The number of aromatic nitrogens is 2. The molecule has 0 aliphatic carbocycles. The average Bonchev–Trinajstić information content (AvgIpc) is 2.96. The SMILES string of the molecule is O=C(/C=C/c1ccco1)NCc1cn[nH]c1. The molecule has 0 atom stereocenters. The first kappa shape index (κ1) is 10.2. The molecule has 0 saturated carbocycles. The molecule has 5 nitrogen and oxygen atoms in total. The third-order valence-electron chi connectivity index (χ3n) is 1.96. The predicted octanol–water partition coefficient (Wildman–Crippen LogP) is 1.33. The Labute approximate surface area is 92.2 Å². The van der Waals surface area contributed by atoms with Crippen LogP contribution >= 0.6 is 0 Å². The molecule has 2 aromatic rings. The molecule has 0 unspecified atom stereocenters. The van der Waals surface area contributed by atoms with Gasteiger partial charge in [0, 0.05) is 24.4 Å². The number of rotatable bonds is 4. The number of carbonyl (C=O) groups excluding carboxylic acids is 1. The van der Waals surface area contributed by atoms with Gasteiger partial charge in [0.2, 0.25) is 5.91 Å². The molecule has 2 N–H and O–H groups in total. The zero-order valence-electron chi connectivity index (χ0n) is 8.51. The third-order valence-corrected chi connectivity index (χ3v) is 1.96. The van der Waals surface area contributed by atoms with Crippen molar-refractivity contribution in [1.29, 1.82) is 0 Å². The van der Waals surface area contributed by atoms with E-state index < -0.39 is 0 Å². The maximum absolute atomic E-state index is 11.4. The molecule has 5 heteroatoms. The first-order valence-electron chi connectivity index (χ1n) is 4.81. The Kier molecular flexibility index (Phi) is 3.18. The van der Waals surface area contributed by atoms with Crippen molar-refractivity contribution >= 4 is 12.0 Å². The van der Waals surface area contributed by atoms with E-state index in [1.54, 1.807) is 36.9 Å². The summed E-state index contributed by atoms with van der Waals surface area (Å²) in [6.07, 6.45) is 8.00. The summed E-state index contributed by atoms with van der Waals surface area (Å²) < 4.78 is 5.05. The Hall–Kier alpha value is -2.30. The van der Waals surface area contributed by atoms with E-state index in [0.717, 1.165) is 5.56 Å². The highest BCUT2D eigenvalue weighted by molar-refractivity contribution is 5.91. The molecular weight excluding hydrogens is 206 g/mol. The van der Waals surface area contributed by atoms with E-state index in [0.29, 0.717) is 12.3 Å². The summed E-state index contributed by atoms with van der Waals surface area (Å²) in [4.78, 5) is 11.4. The molecule has 0 aliphatic rings. The molecule has 0 radical (unpaired) electrons. The number of nitrogens with zero attached hydrogens (tertiary/aromatic N) is 1. The third kappa shape index (κ3) is 2.84. The van der Waals surface area contributed by atoms with Gasteiger partial charge in [-0.15, -0.1) is 0 Å². The molecule has 1 amide bonds. The fourth-order valence-electron chi connectivity index (χ4n) is 1.17. The summed E-state index contributed by atoms with van der Waals surface area (Å²) in [5.41, 5.74) is 0.930. The summed E-state index contributed by atoms with van der Waals surface area (Å²) in [6.45, 7) is 0.456. The highest BCUT2D eigenvalue weighted by Gasteiger charge is 1.97. The van der Waals surface area contributed by atoms with Crippen molar-refractivity contribution < 1.29 is 9.21 Å². The van der Waals surface area contributed by atoms with E-state index in [-0.39, 0.29) is 5.91 Å². The maximum Gasteiger partial charge on any atom is 0.244 e. The second kappa shape index (κ2) is 4.97. The minimum Gasteiger partial charge on any atom is -0.465 e. The van der Waals surface area contributed by atoms with Crippen LogP contribution in [0, 0.1) is 0 Å². The van der Waals surface area contributed by atoms with Crippen molar-refractivity contribution in [3.8, 4) is 0 Å². The second-order valence-corrected chi connectivity index (χ2v) is 3.17. The number of amides is 1. The lowest BCUT2D eigenvalue weighted by Gasteiger charge is -1.97. The Bertz CT molecular complexity index is 457. The topological polar surface area (TPSA) is 70.9 Å². The second-order valence-electron chi connectivity index (χ2n) is 3.17. The predicted molar refractivity (Wildman–Crippen MR) is 58.2 cm³/mol. The van der Waals surface area contributed by atoms with E-state index in [4.69, 9.17) is 4.42 Å². The van der Waals surface area contributed by atoms with Gasteiger partial charge in [-0.05, 0) is 18.2 Å². The lowest BCUT2D eigenvalue weighted by molar-refractivity contribution is -0.116. The largest absolute Gasteiger partial charge is 0.465 e. The average molecular weight is 217 g/mol. The zero-order valence-corrected chi connectivity index (χ0v) is 8.51. The monoisotopic (exact) mass is 217 g/mol. The van der Waals surface area contributed by atoms with Crippen molar-refractivity contribution in [3.63, 3.8) is 0 Å². The summed E-state index contributed by atoms with van der Waals surface area (Å²) >= 11 is 0. The lowest BCUT2D eigenvalue weighted by atomic mass is 10.3. The summed E-state index contributed by atoms with van der Waals surface area (Å²) in [5, 5.41) is 9.17. The maximum atomic E-state index is 11.4. The van der Waals surface area contributed by atoms with Crippen molar-refractivity contribution in [2.45, 2.75) is 6.54 Å². The highest BCUT2D eigenvalue weighted by Crippen LogP contribution is 2.01. The Morgan fingerprint density at radius 1 is 1.62 bits per heavy atom. The van der Waals surface area contributed by atoms with Gasteiger partial charge in [0.05, 0.1) is 12.5 Å². The van der Waals surface area contributed by atoms with Gasteiger partial charge in [-0.1, -0.05) is 0 Å². The van der Waals surface area contributed by atoms with Gasteiger partial charge in [0.15, 0.2) is 0 Å². The smallest absolute Gasteiger partial charge is 0.244 e. The van der Waals surface area contributed by atoms with Crippen molar-refractivity contribution in [2.75, 3.05) is 0 Å². The van der Waals surface area contributed by atoms with Crippen LogP contribution in [0.3, 0.4) is 0 Å². The van der Waals surface area contributed by atoms with Gasteiger partial charge in [0.25, 0.3) is 0 Å². The molecule has 82 valence electrons. The summed E-state index contributed by atoms with van der Waals surface area (Å²) in [7, 11) is 0. The first-order valence-corrected chi connectivity index (χ1v) is 4.81. The van der Waals surface area contributed by atoms with Gasteiger partial charge in [-0.2, -0.15) is 5.10 Å². The van der Waals surface area contributed by atoms with Gasteiger partial charge >= 0.3 is 0 Å². The van der Waals surface area contributed by atoms with Crippen LogP contribution in [-0.2, 0) is 11.3 Å². The number of furan rings is 1. The number of carbonyl (C=O) groups is 1. The summed E-state index contributed by atoms with van der Waals surface area (Å²) in [5.74, 6) is 0.482. The van der Waals surface area contributed by atoms with Gasteiger partial charge in [-0.25, -0.2) is 0 Å². The number of H-pyrrole nitrogens is 1. The van der Waals surface area contributed by atoms with Crippen molar-refractivity contribution in [3.05, 3.63) is 48.2 Å². The fraction of sp³-hybridized carbons (Fsp3) is 0.0909. The van der Waals surface area contributed by atoms with E-state index in [2.05, 4.69) is 15.5 Å². The van der Waals surface area contributed by atoms with Gasteiger partial charge in [-0.3, -0.25) is 9.89 Å². The number of aromatic amines is 1. The zero-order chi connectivity index (χ0) is 11.2. The molecule has 2 heterocycles. The van der Waals surface area contributed by atoms with Crippen LogP contribution in [0.2, 0.25) is 0 Å². The van der Waals surface area contributed by atoms with Crippen LogP contribution < -0.4 is 5.32 Å². The number of nitrogens with one attached hydrogen (secondary N) is 2. The van der Waals surface area contributed by atoms with Crippen LogP contribution in [0.5, 0.6) is 0 Å². The van der Waals surface area contributed by atoms with Crippen LogP contribution in [0.15, 0.2) is 41.3 Å². The molecule has 0 fully saturated rings. The molecule has 0 saturated heterocycles. The van der Waals surface area contributed by atoms with Crippen LogP contribution in [0.25, 0.3) is 6.08 Å². The van der Waals surface area contributed by atoms with E-state index in [9.17, 15) is 4.79 Å².